The van der Waals surface area contributed by atoms with E-state index in [9.17, 15) is 10.2 Å². The highest BCUT2D eigenvalue weighted by Crippen LogP contribution is 2.38. The van der Waals surface area contributed by atoms with E-state index in [1.54, 1.807) is 0 Å². The molecule has 2 aliphatic carbocycles. The maximum atomic E-state index is 9.82. The van der Waals surface area contributed by atoms with Gasteiger partial charge in [-0.2, -0.15) is 0 Å². The first-order chi connectivity index (χ1) is 8.74. The maximum absolute atomic E-state index is 9.82. The van der Waals surface area contributed by atoms with Gasteiger partial charge in [-0.3, -0.25) is 0 Å². The molecule has 3 aliphatic rings. The Labute approximate surface area is 109 Å². The second kappa shape index (κ2) is 5.32. The average molecular weight is 251 g/mol. The van der Waals surface area contributed by atoms with Crippen molar-refractivity contribution in [1.29, 1.82) is 0 Å². The molecule has 0 saturated carbocycles. The predicted molar refractivity (Wildman–Crippen MR) is 71.3 cm³/mol. The van der Waals surface area contributed by atoms with Crippen LogP contribution < -0.4 is 0 Å². The van der Waals surface area contributed by atoms with Crippen molar-refractivity contribution in [2.45, 2.75) is 69.6 Å². The molecule has 0 radical (unpaired) electrons. The van der Waals surface area contributed by atoms with Crippen LogP contribution in [0.15, 0.2) is 11.1 Å². The quantitative estimate of drug-likeness (QED) is 0.699. The van der Waals surface area contributed by atoms with Crippen molar-refractivity contribution in [3.8, 4) is 0 Å². The van der Waals surface area contributed by atoms with Crippen molar-refractivity contribution in [3.05, 3.63) is 11.1 Å². The van der Waals surface area contributed by atoms with Crippen molar-refractivity contribution in [2.24, 2.45) is 0 Å². The number of aliphatic hydroxyl groups excluding tert-OH is 2. The molecule has 0 aromatic rings. The summed E-state index contributed by atoms with van der Waals surface area (Å²) in [4.78, 5) is 2.66. The van der Waals surface area contributed by atoms with Crippen LogP contribution >= 0.6 is 0 Å². The highest BCUT2D eigenvalue weighted by atomic mass is 16.3. The third-order valence-electron chi connectivity index (χ3n) is 5.02. The minimum Gasteiger partial charge on any atom is -0.390 e. The Morgan fingerprint density at radius 2 is 1.50 bits per heavy atom. The monoisotopic (exact) mass is 251 g/mol. The fourth-order valence-corrected chi connectivity index (χ4v) is 3.89. The van der Waals surface area contributed by atoms with Crippen molar-refractivity contribution in [2.75, 3.05) is 13.1 Å². The van der Waals surface area contributed by atoms with Gasteiger partial charge in [0.1, 0.15) is 0 Å². The summed E-state index contributed by atoms with van der Waals surface area (Å²) in [6.07, 6.45) is 8.00. The summed E-state index contributed by atoms with van der Waals surface area (Å²) in [5.74, 6) is 0. The van der Waals surface area contributed by atoms with Crippen LogP contribution in [0, 0.1) is 0 Å². The predicted octanol–water partition coefficient (Wildman–Crippen LogP) is 1.84. The second-order valence-corrected chi connectivity index (χ2v) is 6.24. The third kappa shape index (κ3) is 2.49. The summed E-state index contributed by atoms with van der Waals surface area (Å²) in [5.41, 5.74) is 2.90. The van der Waals surface area contributed by atoms with Gasteiger partial charge in [0.05, 0.1) is 12.2 Å². The number of nitrogens with zero attached hydrogens (tertiary/aromatic N) is 1. The van der Waals surface area contributed by atoms with E-state index in [1.165, 1.54) is 49.9 Å². The molecule has 2 N–H and O–H groups in total. The van der Waals surface area contributed by atoms with Crippen LogP contribution in [0.1, 0.15) is 51.4 Å². The standard InChI is InChI=1S/C15H25NO2/c17-14-9-11-4-5-13(8-12(11)10-15(14)18)16-6-2-1-3-7-16/h13-15,17-18H,1-10H2/t13-,14-,15+/m1/s1. The second-order valence-electron chi connectivity index (χ2n) is 6.24. The van der Waals surface area contributed by atoms with E-state index in [0.29, 0.717) is 18.9 Å². The summed E-state index contributed by atoms with van der Waals surface area (Å²) >= 11 is 0. The Balaban J connectivity index is 1.66. The topological polar surface area (TPSA) is 43.7 Å². The molecule has 1 heterocycles. The Morgan fingerprint density at radius 3 is 2.22 bits per heavy atom. The van der Waals surface area contributed by atoms with Gasteiger partial charge >= 0.3 is 0 Å². The molecule has 0 spiro atoms. The number of hydrogen-bond donors (Lipinski definition) is 2. The molecule has 3 nitrogen and oxygen atoms in total. The molecule has 102 valence electrons. The smallest absolute Gasteiger partial charge is 0.0839 e. The van der Waals surface area contributed by atoms with Gasteiger partial charge in [0.15, 0.2) is 0 Å². The van der Waals surface area contributed by atoms with E-state index in [1.807, 2.05) is 0 Å². The van der Waals surface area contributed by atoms with Gasteiger partial charge in [0.25, 0.3) is 0 Å². The van der Waals surface area contributed by atoms with E-state index in [4.69, 9.17) is 0 Å². The van der Waals surface area contributed by atoms with Crippen LogP contribution in [-0.4, -0.2) is 46.5 Å². The first kappa shape index (κ1) is 12.6. The van der Waals surface area contributed by atoms with Gasteiger partial charge in [-0.1, -0.05) is 17.6 Å². The zero-order valence-electron chi connectivity index (χ0n) is 11.1. The molecule has 0 unspecified atom stereocenters. The van der Waals surface area contributed by atoms with Gasteiger partial charge in [-0.15, -0.1) is 0 Å². The number of piperidine rings is 1. The lowest BCUT2D eigenvalue weighted by Gasteiger charge is -2.41. The van der Waals surface area contributed by atoms with Gasteiger partial charge in [0.2, 0.25) is 0 Å². The van der Waals surface area contributed by atoms with Crippen LogP contribution in [0.5, 0.6) is 0 Å². The van der Waals surface area contributed by atoms with Crippen molar-refractivity contribution in [1.82, 2.24) is 4.90 Å². The first-order valence-electron chi connectivity index (χ1n) is 7.54. The van der Waals surface area contributed by atoms with Crippen LogP contribution in [0.3, 0.4) is 0 Å². The minimum absolute atomic E-state index is 0.518. The lowest BCUT2D eigenvalue weighted by molar-refractivity contribution is 0.00975. The fraction of sp³-hybridized carbons (Fsp3) is 0.867. The van der Waals surface area contributed by atoms with E-state index < -0.39 is 12.2 Å². The molecule has 0 amide bonds. The van der Waals surface area contributed by atoms with Crippen LogP contribution in [-0.2, 0) is 0 Å². The van der Waals surface area contributed by atoms with Crippen LogP contribution in [0.25, 0.3) is 0 Å². The molecular weight excluding hydrogens is 226 g/mol. The minimum atomic E-state index is -0.524. The van der Waals surface area contributed by atoms with E-state index in [-0.39, 0.29) is 0 Å². The first-order valence-corrected chi connectivity index (χ1v) is 7.54. The molecule has 3 atom stereocenters. The molecule has 3 heteroatoms. The van der Waals surface area contributed by atoms with Gasteiger partial charge in [0, 0.05) is 6.04 Å². The molecule has 3 rings (SSSR count). The van der Waals surface area contributed by atoms with Gasteiger partial charge < -0.3 is 15.1 Å². The molecule has 0 aromatic heterocycles. The molecule has 1 fully saturated rings. The number of hydrogen-bond acceptors (Lipinski definition) is 3. The Morgan fingerprint density at radius 1 is 0.833 bits per heavy atom. The summed E-state index contributed by atoms with van der Waals surface area (Å²) < 4.78 is 0. The fourth-order valence-electron chi connectivity index (χ4n) is 3.89. The van der Waals surface area contributed by atoms with Crippen molar-refractivity contribution < 1.29 is 10.2 Å². The summed E-state index contributed by atoms with van der Waals surface area (Å²) in [6.45, 7) is 2.52. The summed E-state index contributed by atoms with van der Waals surface area (Å²) in [5, 5.41) is 19.6. The van der Waals surface area contributed by atoms with E-state index >= 15 is 0 Å². The Hall–Kier alpha value is -0.380. The maximum Gasteiger partial charge on any atom is 0.0839 e. The lowest BCUT2D eigenvalue weighted by Crippen LogP contribution is -2.42. The van der Waals surface area contributed by atoms with Crippen LogP contribution in [0.4, 0.5) is 0 Å². The number of likely N-dealkylation sites (tertiary alicyclic amines) is 1. The molecule has 0 aromatic carbocycles. The molecule has 0 bridgehead atoms. The molecular formula is C15H25NO2. The van der Waals surface area contributed by atoms with Gasteiger partial charge in [-0.05, 0) is 58.0 Å². The Bertz CT molecular complexity index is 333. The lowest BCUT2D eigenvalue weighted by atomic mass is 9.77. The Kier molecular flexibility index (Phi) is 3.73. The number of rotatable bonds is 1. The highest BCUT2D eigenvalue weighted by molar-refractivity contribution is 5.24. The highest BCUT2D eigenvalue weighted by Gasteiger charge is 2.33. The van der Waals surface area contributed by atoms with Crippen molar-refractivity contribution >= 4 is 0 Å². The van der Waals surface area contributed by atoms with Crippen LogP contribution in [0.2, 0.25) is 0 Å². The normalized spacial score (nSPS) is 38.7. The van der Waals surface area contributed by atoms with E-state index in [2.05, 4.69) is 4.90 Å². The average Bonchev–Trinajstić information content (AvgIpc) is 2.41. The molecule has 1 aliphatic heterocycles. The zero-order valence-corrected chi connectivity index (χ0v) is 11.1. The molecule has 1 saturated heterocycles. The molecule has 18 heavy (non-hydrogen) atoms. The van der Waals surface area contributed by atoms with Gasteiger partial charge in [-0.25, -0.2) is 0 Å². The SMILES string of the molecule is O[C@@H]1CC2=C(C[C@H](N3CCCCC3)CC2)C[C@@H]1O. The number of aliphatic hydroxyl groups is 2. The zero-order chi connectivity index (χ0) is 12.5. The van der Waals surface area contributed by atoms with Crippen molar-refractivity contribution in [3.63, 3.8) is 0 Å². The largest absolute Gasteiger partial charge is 0.390 e. The summed E-state index contributed by atoms with van der Waals surface area (Å²) in [6, 6.07) is 0.700. The third-order valence-corrected chi connectivity index (χ3v) is 5.02. The van der Waals surface area contributed by atoms with E-state index in [0.717, 1.165) is 12.8 Å². The summed E-state index contributed by atoms with van der Waals surface area (Å²) in [7, 11) is 0.